The first-order valence-corrected chi connectivity index (χ1v) is 12.1. The van der Waals surface area contributed by atoms with Crippen LogP contribution in [0, 0.1) is 11.8 Å². The van der Waals surface area contributed by atoms with Gasteiger partial charge in [-0.2, -0.15) is 0 Å². The van der Waals surface area contributed by atoms with Crippen molar-refractivity contribution in [3.05, 3.63) is 29.8 Å². The number of likely N-dealkylation sites (tertiary alicyclic amines) is 2. The van der Waals surface area contributed by atoms with E-state index in [0.29, 0.717) is 31.6 Å². The van der Waals surface area contributed by atoms with E-state index in [2.05, 4.69) is 29.4 Å². The predicted molar refractivity (Wildman–Crippen MR) is 127 cm³/mol. The molecule has 1 N–H and O–H groups in total. The van der Waals surface area contributed by atoms with Crippen LogP contribution >= 0.6 is 0 Å². The zero-order chi connectivity index (χ0) is 23.1. The Labute approximate surface area is 193 Å². The Balaban J connectivity index is 1.53. The van der Waals surface area contributed by atoms with Crippen LogP contribution in [0.5, 0.6) is 5.75 Å². The van der Waals surface area contributed by atoms with Crippen LogP contribution in [-0.2, 0) is 4.79 Å². The van der Waals surface area contributed by atoms with Gasteiger partial charge in [-0.1, -0.05) is 12.1 Å². The molecule has 2 fully saturated rings. The molecule has 32 heavy (non-hydrogen) atoms. The van der Waals surface area contributed by atoms with Crippen molar-refractivity contribution in [1.82, 2.24) is 20.0 Å². The lowest BCUT2D eigenvalue weighted by Crippen LogP contribution is -2.49. The molecule has 2 heterocycles. The summed E-state index contributed by atoms with van der Waals surface area (Å²) in [7, 11) is 3.86. The summed E-state index contributed by atoms with van der Waals surface area (Å²) in [4.78, 5) is 31.6. The van der Waals surface area contributed by atoms with Crippen molar-refractivity contribution in [3.63, 3.8) is 0 Å². The van der Waals surface area contributed by atoms with Crippen molar-refractivity contribution in [3.8, 4) is 5.75 Å². The van der Waals surface area contributed by atoms with Crippen LogP contribution in [0.15, 0.2) is 24.3 Å². The van der Waals surface area contributed by atoms with Gasteiger partial charge in [-0.15, -0.1) is 0 Å². The molecule has 0 aromatic heterocycles. The highest BCUT2D eigenvalue weighted by Gasteiger charge is 2.33. The number of ether oxygens (including phenoxy) is 1. The van der Waals surface area contributed by atoms with E-state index in [1.54, 1.807) is 7.11 Å². The molecule has 2 saturated heterocycles. The average Bonchev–Trinajstić information content (AvgIpc) is 2.83. The van der Waals surface area contributed by atoms with Gasteiger partial charge in [0.15, 0.2) is 0 Å². The first-order chi connectivity index (χ1) is 15.5. The van der Waals surface area contributed by atoms with Crippen molar-refractivity contribution in [2.45, 2.75) is 45.6 Å². The molecule has 2 atom stereocenters. The summed E-state index contributed by atoms with van der Waals surface area (Å²) in [6, 6.07) is 8.71. The molecule has 7 heteroatoms. The maximum atomic E-state index is 12.9. The topological polar surface area (TPSA) is 65.1 Å². The van der Waals surface area contributed by atoms with Crippen LogP contribution in [0.1, 0.15) is 51.1 Å². The Hall–Kier alpha value is -2.28. The van der Waals surface area contributed by atoms with E-state index in [1.165, 1.54) is 5.56 Å². The fourth-order valence-electron chi connectivity index (χ4n) is 5.20. The number of piperidine rings is 2. The third kappa shape index (κ3) is 5.74. The van der Waals surface area contributed by atoms with Gasteiger partial charge in [-0.05, 0) is 76.7 Å². The number of carbonyl (C=O) groups is 2. The monoisotopic (exact) mass is 444 g/mol. The Morgan fingerprint density at radius 3 is 2.31 bits per heavy atom. The highest BCUT2D eigenvalue weighted by Crippen LogP contribution is 2.35. The predicted octanol–water partition coefficient (Wildman–Crippen LogP) is 3.37. The Kier molecular flexibility index (Phi) is 8.79. The Morgan fingerprint density at radius 2 is 1.72 bits per heavy atom. The molecule has 1 aromatic carbocycles. The van der Waals surface area contributed by atoms with Gasteiger partial charge < -0.3 is 19.9 Å². The number of hydrogen-bond acceptors (Lipinski definition) is 4. The zero-order valence-electron chi connectivity index (χ0n) is 20.2. The second kappa shape index (κ2) is 11.5. The molecule has 0 aliphatic carbocycles. The molecule has 3 rings (SSSR count). The van der Waals surface area contributed by atoms with E-state index in [4.69, 9.17) is 4.74 Å². The molecule has 0 spiro atoms. The van der Waals surface area contributed by atoms with Gasteiger partial charge in [0, 0.05) is 44.7 Å². The van der Waals surface area contributed by atoms with Crippen LogP contribution in [0.3, 0.4) is 0 Å². The molecule has 7 nitrogen and oxygen atoms in total. The Bertz CT molecular complexity index is 742. The smallest absolute Gasteiger partial charge is 0.319 e. The van der Waals surface area contributed by atoms with Gasteiger partial charge in [-0.25, -0.2) is 4.79 Å². The van der Waals surface area contributed by atoms with E-state index in [9.17, 15) is 9.59 Å². The number of amides is 3. The average molecular weight is 445 g/mol. The summed E-state index contributed by atoms with van der Waals surface area (Å²) in [6.45, 7) is 8.54. The standard InChI is InChI=1S/C25H40N4O3/c1-5-28(6-2)25(31)29-16-13-20(14-17-29)24(30)26-18-21-8-7-15-27(3)23(21)19-9-11-22(32-4)12-10-19/h9-12,20-21,23H,5-8,13-18H2,1-4H3,(H,26,30). The van der Waals surface area contributed by atoms with E-state index in [1.807, 2.05) is 35.8 Å². The number of nitrogens with one attached hydrogen (secondary N) is 1. The maximum absolute atomic E-state index is 12.9. The fourth-order valence-corrected chi connectivity index (χ4v) is 5.20. The first kappa shape index (κ1) is 24.4. The molecular formula is C25H40N4O3. The number of benzene rings is 1. The lowest BCUT2D eigenvalue weighted by Gasteiger charge is -2.40. The summed E-state index contributed by atoms with van der Waals surface area (Å²) in [6.07, 6.45) is 3.74. The van der Waals surface area contributed by atoms with Gasteiger partial charge in [0.1, 0.15) is 5.75 Å². The molecule has 2 unspecified atom stereocenters. The van der Waals surface area contributed by atoms with Crippen molar-refractivity contribution in [2.24, 2.45) is 11.8 Å². The van der Waals surface area contributed by atoms with Gasteiger partial charge in [0.25, 0.3) is 0 Å². The van der Waals surface area contributed by atoms with Crippen molar-refractivity contribution >= 4 is 11.9 Å². The van der Waals surface area contributed by atoms with E-state index in [-0.39, 0.29) is 17.9 Å². The summed E-state index contributed by atoms with van der Waals surface area (Å²) in [5.74, 6) is 1.39. The number of hydrogen-bond donors (Lipinski definition) is 1. The van der Waals surface area contributed by atoms with Crippen LogP contribution < -0.4 is 10.1 Å². The van der Waals surface area contributed by atoms with Crippen molar-refractivity contribution in [2.75, 3.05) is 53.4 Å². The van der Waals surface area contributed by atoms with Crippen LogP contribution in [-0.4, -0.2) is 80.1 Å². The minimum atomic E-state index is -0.00323. The number of urea groups is 1. The third-order valence-electron chi connectivity index (χ3n) is 7.17. The van der Waals surface area contributed by atoms with Crippen LogP contribution in [0.2, 0.25) is 0 Å². The summed E-state index contributed by atoms with van der Waals surface area (Å²) in [5, 5.41) is 3.25. The molecule has 2 aliphatic heterocycles. The molecule has 0 bridgehead atoms. The lowest BCUT2D eigenvalue weighted by molar-refractivity contribution is -0.126. The fraction of sp³-hybridized carbons (Fsp3) is 0.680. The lowest BCUT2D eigenvalue weighted by atomic mass is 9.84. The van der Waals surface area contributed by atoms with Gasteiger partial charge in [-0.3, -0.25) is 9.69 Å². The van der Waals surface area contributed by atoms with Crippen LogP contribution in [0.4, 0.5) is 4.79 Å². The van der Waals surface area contributed by atoms with Gasteiger partial charge in [0.05, 0.1) is 7.11 Å². The quantitative estimate of drug-likeness (QED) is 0.700. The molecule has 0 saturated carbocycles. The SMILES string of the molecule is CCN(CC)C(=O)N1CCC(C(=O)NCC2CCCN(C)C2c2ccc(OC)cc2)CC1. The number of nitrogens with zero attached hydrogens (tertiary/aromatic N) is 3. The highest BCUT2D eigenvalue weighted by atomic mass is 16.5. The summed E-state index contributed by atoms with van der Waals surface area (Å²) in [5.41, 5.74) is 1.27. The second-order valence-corrected chi connectivity index (χ2v) is 9.06. The van der Waals surface area contributed by atoms with E-state index in [0.717, 1.165) is 51.1 Å². The molecule has 178 valence electrons. The van der Waals surface area contributed by atoms with E-state index >= 15 is 0 Å². The van der Waals surface area contributed by atoms with E-state index < -0.39 is 0 Å². The minimum absolute atomic E-state index is 0.00323. The molecule has 1 aromatic rings. The normalized spacial score (nSPS) is 22.4. The molecule has 3 amide bonds. The number of methoxy groups -OCH3 is 1. The minimum Gasteiger partial charge on any atom is -0.497 e. The Morgan fingerprint density at radius 1 is 1.06 bits per heavy atom. The summed E-state index contributed by atoms with van der Waals surface area (Å²) < 4.78 is 5.31. The summed E-state index contributed by atoms with van der Waals surface area (Å²) >= 11 is 0. The van der Waals surface area contributed by atoms with Crippen molar-refractivity contribution < 1.29 is 14.3 Å². The second-order valence-electron chi connectivity index (χ2n) is 9.06. The molecule has 0 radical (unpaired) electrons. The molecule has 2 aliphatic rings. The van der Waals surface area contributed by atoms with Crippen LogP contribution in [0.25, 0.3) is 0 Å². The highest BCUT2D eigenvalue weighted by molar-refractivity contribution is 5.79. The maximum Gasteiger partial charge on any atom is 0.319 e. The molecular weight excluding hydrogens is 404 g/mol. The number of rotatable bonds is 7. The third-order valence-corrected chi connectivity index (χ3v) is 7.17. The van der Waals surface area contributed by atoms with Crippen molar-refractivity contribution in [1.29, 1.82) is 0 Å². The van der Waals surface area contributed by atoms with Gasteiger partial charge >= 0.3 is 6.03 Å². The van der Waals surface area contributed by atoms with Gasteiger partial charge in [0.2, 0.25) is 5.91 Å². The first-order valence-electron chi connectivity index (χ1n) is 12.1. The largest absolute Gasteiger partial charge is 0.497 e. The number of carbonyl (C=O) groups excluding carboxylic acids is 2. The zero-order valence-corrected chi connectivity index (χ0v) is 20.2.